The van der Waals surface area contributed by atoms with Crippen molar-refractivity contribution in [3.63, 3.8) is 0 Å². The lowest BCUT2D eigenvalue weighted by atomic mass is 10.0. The summed E-state index contributed by atoms with van der Waals surface area (Å²) in [5.41, 5.74) is 1.59. The van der Waals surface area contributed by atoms with Crippen molar-refractivity contribution in [3.8, 4) is 0 Å². The predicted molar refractivity (Wildman–Crippen MR) is 53.0 cm³/mol. The smallest absolute Gasteiger partial charge is 0.337 e. The Balaban J connectivity index is 2.77. The standard InChI is InChI=1S/C11H14O3/c1-2-3-8-4-6-9(7-5-8)10(12)11(13)14/h4-7,10,12H,2-3H2,1H3,(H,13,14)/t10-/m1/s1. The number of carboxylic acid groups (broad SMARTS) is 1. The van der Waals surface area contributed by atoms with Crippen molar-refractivity contribution in [1.29, 1.82) is 0 Å². The zero-order chi connectivity index (χ0) is 10.6. The second-order valence-corrected chi connectivity index (χ2v) is 3.23. The lowest BCUT2D eigenvalue weighted by molar-refractivity contribution is -0.146. The summed E-state index contributed by atoms with van der Waals surface area (Å²) in [6.07, 6.45) is 0.621. The first kappa shape index (κ1) is 10.7. The van der Waals surface area contributed by atoms with Gasteiger partial charge in [-0.05, 0) is 17.5 Å². The molecular formula is C11H14O3. The summed E-state index contributed by atoms with van der Waals surface area (Å²) in [7, 11) is 0. The normalized spacial score (nSPS) is 12.4. The third kappa shape index (κ3) is 2.57. The number of carboxylic acids is 1. The largest absolute Gasteiger partial charge is 0.479 e. The van der Waals surface area contributed by atoms with E-state index in [-0.39, 0.29) is 0 Å². The Kier molecular flexibility index (Phi) is 3.65. The van der Waals surface area contributed by atoms with Crippen LogP contribution in [0.4, 0.5) is 0 Å². The Bertz CT molecular complexity index is 303. The fraction of sp³-hybridized carbons (Fsp3) is 0.364. The number of aryl methyl sites for hydroxylation is 1. The van der Waals surface area contributed by atoms with Crippen molar-refractivity contribution < 1.29 is 15.0 Å². The molecule has 3 heteroatoms. The van der Waals surface area contributed by atoms with Crippen LogP contribution in [0.3, 0.4) is 0 Å². The van der Waals surface area contributed by atoms with E-state index in [1.807, 2.05) is 12.1 Å². The predicted octanol–water partition coefficient (Wildman–Crippen LogP) is 1.76. The zero-order valence-corrected chi connectivity index (χ0v) is 8.10. The maximum Gasteiger partial charge on any atom is 0.337 e. The van der Waals surface area contributed by atoms with Crippen LogP contribution in [0.2, 0.25) is 0 Å². The monoisotopic (exact) mass is 194 g/mol. The van der Waals surface area contributed by atoms with Crippen LogP contribution >= 0.6 is 0 Å². The molecule has 0 aliphatic rings. The lowest BCUT2D eigenvalue weighted by Crippen LogP contribution is -2.10. The molecule has 1 atom stereocenters. The lowest BCUT2D eigenvalue weighted by Gasteiger charge is -2.06. The highest BCUT2D eigenvalue weighted by Gasteiger charge is 2.14. The van der Waals surface area contributed by atoms with E-state index in [1.54, 1.807) is 12.1 Å². The highest BCUT2D eigenvalue weighted by atomic mass is 16.4. The van der Waals surface area contributed by atoms with Crippen molar-refractivity contribution in [2.45, 2.75) is 25.9 Å². The summed E-state index contributed by atoms with van der Waals surface area (Å²) in [4.78, 5) is 10.5. The van der Waals surface area contributed by atoms with Gasteiger partial charge >= 0.3 is 5.97 Å². The molecule has 0 radical (unpaired) electrons. The minimum Gasteiger partial charge on any atom is -0.479 e. The molecule has 0 saturated carbocycles. The molecule has 76 valence electrons. The van der Waals surface area contributed by atoms with Gasteiger partial charge in [0.1, 0.15) is 0 Å². The second kappa shape index (κ2) is 4.77. The van der Waals surface area contributed by atoms with Gasteiger partial charge in [-0.2, -0.15) is 0 Å². The van der Waals surface area contributed by atoms with E-state index < -0.39 is 12.1 Å². The average molecular weight is 194 g/mol. The summed E-state index contributed by atoms with van der Waals surface area (Å²) in [6.45, 7) is 2.08. The Morgan fingerprint density at radius 2 is 1.93 bits per heavy atom. The molecule has 0 bridgehead atoms. The van der Waals surface area contributed by atoms with E-state index in [2.05, 4.69) is 6.92 Å². The number of aliphatic hydroxyl groups excluding tert-OH is 1. The van der Waals surface area contributed by atoms with E-state index in [1.165, 1.54) is 0 Å². The number of aliphatic carboxylic acids is 1. The molecule has 0 aliphatic carbocycles. The van der Waals surface area contributed by atoms with E-state index in [9.17, 15) is 9.90 Å². The Morgan fingerprint density at radius 3 is 2.36 bits per heavy atom. The first-order chi connectivity index (χ1) is 6.65. The third-order valence-electron chi connectivity index (χ3n) is 2.07. The van der Waals surface area contributed by atoms with Crippen LogP contribution in [0.25, 0.3) is 0 Å². The fourth-order valence-corrected chi connectivity index (χ4v) is 1.30. The van der Waals surface area contributed by atoms with Crippen LogP contribution in [0.15, 0.2) is 24.3 Å². The van der Waals surface area contributed by atoms with Gasteiger partial charge in [0.25, 0.3) is 0 Å². The van der Waals surface area contributed by atoms with Crippen molar-refractivity contribution >= 4 is 5.97 Å². The molecule has 1 aromatic carbocycles. The maximum absolute atomic E-state index is 10.5. The van der Waals surface area contributed by atoms with Crippen LogP contribution in [-0.2, 0) is 11.2 Å². The van der Waals surface area contributed by atoms with Gasteiger partial charge in [0.2, 0.25) is 0 Å². The van der Waals surface area contributed by atoms with Gasteiger partial charge in [0.15, 0.2) is 6.10 Å². The molecule has 0 unspecified atom stereocenters. The first-order valence-corrected chi connectivity index (χ1v) is 4.65. The van der Waals surface area contributed by atoms with Gasteiger partial charge in [-0.15, -0.1) is 0 Å². The van der Waals surface area contributed by atoms with Crippen LogP contribution in [-0.4, -0.2) is 16.2 Å². The highest BCUT2D eigenvalue weighted by Crippen LogP contribution is 2.14. The number of aliphatic hydroxyl groups is 1. The molecule has 0 aliphatic heterocycles. The summed E-state index contributed by atoms with van der Waals surface area (Å²) in [6, 6.07) is 7.02. The van der Waals surface area contributed by atoms with E-state index in [4.69, 9.17) is 5.11 Å². The Hall–Kier alpha value is -1.35. The van der Waals surface area contributed by atoms with Gasteiger partial charge in [-0.1, -0.05) is 37.6 Å². The highest BCUT2D eigenvalue weighted by molar-refractivity contribution is 5.73. The van der Waals surface area contributed by atoms with E-state index in [0.717, 1.165) is 18.4 Å². The molecule has 0 fully saturated rings. The van der Waals surface area contributed by atoms with Crippen molar-refractivity contribution in [1.82, 2.24) is 0 Å². The molecule has 1 aromatic rings. The molecule has 3 nitrogen and oxygen atoms in total. The van der Waals surface area contributed by atoms with Gasteiger partial charge < -0.3 is 10.2 Å². The Labute approximate surface area is 83.0 Å². The molecule has 0 saturated heterocycles. The second-order valence-electron chi connectivity index (χ2n) is 3.23. The van der Waals surface area contributed by atoms with Crippen molar-refractivity contribution in [2.24, 2.45) is 0 Å². The van der Waals surface area contributed by atoms with E-state index >= 15 is 0 Å². The number of hydrogen-bond acceptors (Lipinski definition) is 2. The van der Waals surface area contributed by atoms with Crippen LogP contribution in [0, 0.1) is 0 Å². The van der Waals surface area contributed by atoms with Gasteiger partial charge in [-0.3, -0.25) is 0 Å². The van der Waals surface area contributed by atoms with Crippen LogP contribution < -0.4 is 0 Å². The molecule has 0 spiro atoms. The molecule has 2 N–H and O–H groups in total. The fourth-order valence-electron chi connectivity index (χ4n) is 1.30. The third-order valence-corrected chi connectivity index (χ3v) is 2.07. The Morgan fingerprint density at radius 1 is 1.36 bits per heavy atom. The van der Waals surface area contributed by atoms with Gasteiger partial charge in [0.05, 0.1) is 0 Å². The molecule has 14 heavy (non-hydrogen) atoms. The number of rotatable bonds is 4. The SMILES string of the molecule is CCCc1ccc([C@@H](O)C(=O)O)cc1. The minimum absolute atomic E-state index is 0.428. The molecule has 1 rings (SSSR count). The minimum atomic E-state index is -1.41. The summed E-state index contributed by atoms with van der Waals surface area (Å²) in [5.74, 6) is -1.21. The quantitative estimate of drug-likeness (QED) is 0.767. The van der Waals surface area contributed by atoms with Gasteiger partial charge in [-0.25, -0.2) is 4.79 Å². The zero-order valence-electron chi connectivity index (χ0n) is 8.10. The van der Waals surface area contributed by atoms with Crippen molar-refractivity contribution in [2.75, 3.05) is 0 Å². The maximum atomic E-state index is 10.5. The van der Waals surface area contributed by atoms with Crippen molar-refractivity contribution in [3.05, 3.63) is 35.4 Å². The number of benzene rings is 1. The molecule has 0 amide bonds. The molecule has 0 aromatic heterocycles. The molecule has 0 heterocycles. The summed E-state index contributed by atoms with van der Waals surface area (Å²) in [5, 5.41) is 17.8. The first-order valence-electron chi connectivity index (χ1n) is 4.65. The number of hydrogen-bond donors (Lipinski definition) is 2. The topological polar surface area (TPSA) is 57.5 Å². The molecular weight excluding hydrogens is 180 g/mol. The van der Waals surface area contributed by atoms with Crippen LogP contribution in [0.5, 0.6) is 0 Å². The number of carbonyl (C=O) groups is 1. The summed E-state index contributed by atoms with van der Waals surface area (Å²) < 4.78 is 0. The summed E-state index contributed by atoms with van der Waals surface area (Å²) >= 11 is 0. The average Bonchev–Trinajstić information content (AvgIpc) is 2.18. The van der Waals surface area contributed by atoms with Crippen LogP contribution in [0.1, 0.15) is 30.6 Å². The van der Waals surface area contributed by atoms with Gasteiger partial charge in [0, 0.05) is 0 Å². The van der Waals surface area contributed by atoms with E-state index in [0.29, 0.717) is 5.56 Å².